The fraction of sp³-hybridized carbons (Fsp3) is 0.467. The van der Waals surface area contributed by atoms with Crippen molar-refractivity contribution in [1.29, 1.82) is 0 Å². The molecule has 3 nitrogen and oxygen atoms in total. The maximum absolute atomic E-state index is 5.93. The van der Waals surface area contributed by atoms with Gasteiger partial charge in [0, 0.05) is 10.9 Å². The van der Waals surface area contributed by atoms with Crippen LogP contribution in [0.15, 0.2) is 28.9 Å². The second kappa shape index (κ2) is 4.32. The van der Waals surface area contributed by atoms with Crippen LogP contribution in [-0.4, -0.2) is 12.6 Å². The molecular weight excluding hydrogens is 226 g/mol. The smallest absolute Gasteiger partial charge is 0.134 e. The first-order valence-electron chi connectivity index (χ1n) is 6.57. The molecule has 0 unspecified atom stereocenters. The van der Waals surface area contributed by atoms with Gasteiger partial charge in [-0.15, -0.1) is 0 Å². The van der Waals surface area contributed by atoms with E-state index in [4.69, 9.17) is 14.9 Å². The van der Waals surface area contributed by atoms with Gasteiger partial charge < -0.3 is 14.9 Å². The third-order valence-corrected chi connectivity index (χ3v) is 3.60. The van der Waals surface area contributed by atoms with E-state index in [1.54, 1.807) is 6.26 Å². The van der Waals surface area contributed by atoms with Gasteiger partial charge in [-0.05, 0) is 56.8 Å². The Balaban J connectivity index is 2.08. The minimum Gasteiger partial charge on any atom is -0.491 e. The van der Waals surface area contributed by atoms with E-state index in [-0.39, 0.29) is 6.10 Å². The molecule has 1 aliphatic carbocycles. The molecule has 0 radical (unpaired) electrons. The molecule has 0 amide bonds. The Labute approximate surface area is 107 Å². The lowest BCUT2D eigenvalue weighted by Crippen LogP contribution is -2.08. The van der Waals surface area contributed by atoms with Crippen LogP contribution in [0.2, 0.25) is 0 Å². The van der Waals surface area contributed by atoms with Gasteiger partial charge in [-0.1, -0.05) is 0 Å². The van der Waals surface area contributed by atoms with E-state index in [0.717, 1.165) is 24.3 Å². The van der Waals surface area contributed by atoms with Crippen LogP contribution < -0.4 is 10.5 Å². The van der Waals surface area contributed by atoms with Crippen molar-refractivity contribution in [2.24, 2.45) is 11.7 Å². The highest BCUT2D eigenvalue weighted by Crippen LogP contribution is 2.52. The van der Waals surface area contributed by atoms with Crippen LogP contribution in [0.25, 0.3) is 11.0 Å². The highest BCUT2D eigenvalue weighted by atomic mass is 16.5. The average Bonchev–Trinajstić information content (AvgIpc) is 2.95. The molecule has 18 heavy (non-hydrogen) atoms. The van der Waals surface area contributed by atoms with E-state index in [1.807, 2.05) is 18.2 Å². The van der Waals surface area contributed by atoms with E-state index in [9.17, 15) is 0 Å². The summed E-state index contributed by atoms with van der Waals surface area (Å²) in [4.78, 5) is 0. The molecule has 0 spiro atoms. The lowest BCUT2D eigenvalue weighted by Gasteiger charge is -2.15. The summed E-state index contributed by atoms with van der Waals surface area (Å²) in [6, 6.07) is 6.03. The molecule has 1 aliphatic rings. The summed E-state index contributed by atoms with van der Waals surface area (Å²) in [7, 11) is 0. The van der Waals surface area contributed by atoms with Crippen molar-refractivity contribution in [3.8, 4) is 5.75 Å². The lowest BCUT2D eigenvalue weighted by molar-refractivity contribution is 0.240. The molecular formula is C15H19NO2. The summed E-state index contributed by atoms with van der Waals surface area (Å²) in [6.07, 6.45) is 3.09. The number of hydrogen-bond acceptors (Lipinski definition) is 3. The first kappa shape index (κ1) is 11.6. The molecule has 1 heterocycles. The summed E-state index contributed by atoms with van der Waals surface area (Å²) >= 11 is 0. The maximum atomic E-state index is 5.93. The molecule has 0 aliphatic heterocycles. The van der Waals surface area contributed by atoms with Gasteiger partial charge in [0.1, 0.15) is 11.3 Å². The molecule has 0 saturated heterocycles. The van der Waals surface area contributed by atoms with E-state index < -0.39 is 0 Å². The van der Waals surface area contributed by atoms with Crippen molar-refractivity contribution in [3.05, 3.63) is 30.0 Å². The first-order chi connectivity index (χ1) is 8.70. The Bertz CT molecular complexity index is 559. The molecule has 96 valence electrons. The van der Waals surface area contributed by atoms with Crippen LogP contribution in [0.1, 0.15) is 31.7 Å². The zero-order valence-corrected chi connectivity index (χ0v) is 10.8. The second-order valence-corrected chi connectivity index (χ2v) is 5.31. The summed E-state index contributed by atoms with van der Waals surface area (Å²) in [5, 5.41) is 1.18. The van der Waals surface area contributed by atoms with Gasteiger partial charge in [-0.3, -0.25) is 0 Å². The van der Waals surface area contributed by atoms with E-state index in [0.29, 0.717) is 11.8 Å². The summed E-state index contributed by atoms with van der Waals surface area (Å²) in [5.41, 5.74) is 7.98. The predicted octanol–water partition coefficient (Wildman–Crippen LogP) is 3.28. The van der Waals surface area contributed by atoms with Crippen LogP contribution in [0.3, 0.4) is 0 Å². The monoisotopic (exact) mass is 245 g/mol. The van der Waals surface area contributed by atoms with Crippen molar-refractivity contribution in [3.63, 3.8) is 0 Å². The van der Waals surface area contributed by atoms with Gasteiger partial charge in [0.25, 0.3) is 0 Å². The minimum absolute atomic E-state index is 0.183. The van der Waals surface area contributed by atoms with Crippen LogP contribution in [-0.2, 0) is 0 Å². The zero-order valence-electron chi connectivity index (χ0n) is 10.8. The molecule has 1 aromatic carbocycles. The van der Waals surface area contributed by atoms with E-state index in [2.05, 4.69) is 13.8 Å². The van der Waals surface area contributed by atoms with Crippen molar-refractivity contribution in [2.75, 3.05) is 6.54 Å². The van der Waals surface area contributed by atoms with Gasteiger partial charge >= 0.3 is 0 Å². The maximum Gasteiger partial charge on any atom is 0.134 e. The third-order valence-electron chi connectivity index (χ3n) is 3.60. The van der Waals surface area contributed by atoms with E-state index >= 15 is 0 Å². The zero-order chi connectivity index (χ0) is 12.7. The Morgan fingerprint density at radius 3 is 2.89 bits per heavy atom. The fourth-order valence-electron chi connectivity index (χ4n) is 2.65. The van der Waals surface area contributed by atoms with E-state index in [1.165, 1.54) is 10.9 Å². The number of hydrogen-bond donors (Lipinski definition) is 1. The van der Waals surface area contributed by atoms with Gasteiger partial charge in [0.05, 0.1) is 12.4 Å². The lowest BCUT2D eigenvalue weighted by atomic mass is 10.0. The van der Waals surface area contributed by atoms with Crippen LogP contribution in [0, 0.1) is 5.92 Å². The number of ether oxygens (including phenoxy) is 1. The molecule has 2 aromatic rings. The highest BCUT2D eigenvalue weighted by molar-refractivity contribution is 5.84. The first-order valence-corrected chi connectivity index (χ1v) is 6.57. The van der Waals surface area contributed by atoms with Gasteiger partial charge in [-0.25, -0.2) is 0 Å². The highest BCUT2D eigenvalue weighted by Gasteiger charge is 2.40. The summed E-state index contributed by atoms with van der Waals surface area (Å²) < 4.78 is 11.4. The molecule has 1 aromatic heterocycles. The normalized spacial score (nSPS) is 22.7. The van der Waals surface area contributed by atoms with Crippen LogP contribution >= 0.6 is 0 Å². The SMILES string of the molecule is CC(C)Oc1ccc2occc2c1[C@@H]1C[C@H]1CN. The molecule has 1 fully saturated rings. The number of nitrogens with two attached hydrogens (primary N) is 1. The van der Waals surface area contributed by atoms with Gasteiger partial charge in [-0.2, -0.15) is 0 Å². The summed E-state index contributed by atoms with van der Waals surface area (Å²) in [5.74, 6) is 2.12. The van der Waals surface area contributed by atoms with Crippen molar-refractivity contribution in [1.82, 2.24) is 0 Å². The second-order valence-electron chi connectivity index (χ2n) is 5.31. The predicted molar refractivity (Wildman–Crippen MR) is 71.9 cm³/mol. The Morgan fingerprint density at radius 2 is 2.22 bits per heavy atom. The molecule has 0 bridgehead atoms. The number of furan rings is 1. The number of rotatable bonds is 4. The molecule has 2 atom stereocenters. The van der Waals surface area contributed by atoms with Crippen molar-refractivity contribution >= 4 is 11.0 Å². The molecule has 3 heteroatoms. The Hall–Kier alpha value is -1.48. The van der Waals surface area contributed by atoms with Gasteiger partial charge in [0.2, 0.25) is 0 Å². The standard InChI is InChI=1S/C15H19NO2/c1-9(2)18-14-4-3-13-11(5-6-17-13)15(14)12-7-10(12)8-16/h3-6,9-10,12H,7-8,16H2,1-2H3/t10-,12+/m0/s1. The van der Waals surface area contributed by atoms with Crippen LogP contribution in [0.4, 0.5) is 0 Å². The topological polar surface area (TPSA) is 48.4 Å². The average molecular weight is 245 g/mol. The van der Waals surface area contributed by atoms with Crippen LogP contribution in [0.5, 0.6) is 5.75 Å². The third kappa shape index (κ3) is 1.89. The van der Waals surface area contributed by atoms with Crippen molar-refractivity contribution < 1.29 is 9.15 Å². The Morgan fingerprint density at radius 1 is 1.39 bits per heavy atom. The minimum atomic E-state index is 0.183. The molecule has 3 rings (SSSR count). The van der Waals surface area contributed by atoms with Gasteiger partial charge in [0.15, 0.2) is 0 Å². The quantitative estimate of drug-likeness (QED) is 0.899. The number of fused-ring (bicyclic) bond motifs is 1. The molecule has 2 N–H and O–H groups in total. The molecule has 1 saturated carbocycles. The summed E-state index contributed by atoms with van der Waals surface area (Å²) in [6.45, 7) is 4.85. The van der Waals surface area contributed by atoms with Crippen molar-refractivity contribution in [2.45, 2.75) is 32.3 Å². The Kier molecular flexibility index (Phi) is 2.78. The number of benzene rings is 1. The fourth-order valence-corrected chi connectivity index (χ4v) is 2.65. The largest absolute Gasteiger partial charge is 0.491 e.